The molecule has 0 aliphatic carbocycles. The van der Waals surface area contributed by atoms with E-state index in [1.165, 1.54) is 10.6 Å². The number of nitrogens with zero attached hydrogens (tertiary/aromatic N) is 5. The molecule has 4 rings (SSSR count). The van der Waals surface area contributed by atoms with Crippen molar-refractivity contribution in [1.82, 2.24) is 19.3 Å². The molecule has 0 N–H and O–H groups in total. The van der Waals surface area contributed by atoms with Crippen LogP contribution in [-0.4, -0.2) is 66.3 Å². The standard InChI is InChI=1S/C20H19N5O4S.H2S/c1-30(26,27)25-8-9-28-16(12-25)13-29-20-19-18(22-6-7-23-19)10-17(24-20)15-4-2-14(11-21)3-5-15;/h2-7,10,16H,8-9,12-13H2,1H3;1H2/t16-;/m0./s1. The Hall–Kier alpha value is -2.78. The molecule has 1 fully saturated rings. The number of hydrogen-bond acceptors (Lipinski definition) is 8. The van der Waals surface area contributed by atoms with Crippen LogP contribution in [0.2, 0.25) is 0 Å². The monoisotopic (exact) mass is 459 g/mol. The van der Waals surface area contributed by atoms with Crippen molar-refractivity contribution in [3.63, 3.8) is 0 Å². The first kappa shape index (κ1) is 22.9. The molecule has 0 saturated carbocycles. The number of fused-ring (bicyclic) bond motifs is 1. The van der Waals surface area contributed by atoms with Gasteiger partial charge < -0.3 is 9.47 Å². The minimum atomic E-state index is -3.29. The number of ether oxygens (including phenoxy) is 2. The van der Waals surface area contributed by atoms with Gasteiger partial charge in [-0.25, -0.2) is 18.4 Å². The first-order valence-corrected chi connectivity index (χ1v) is 11.1. The molecule has 1 aromatic carbocycles. The van der Waals surface area contributed by atoms with Gasteiger partial charge in [-0.2, -0.15) is 23.1 Å². The molecule has 1 saturated heterocycles. The molecule has 1 atom stereocenters. The molecule has 0 bridgehead atoms. The Labute approximate surface area is 187 Å². The van der Waals surface area contributed by atoms with Crippen LogP contribution in [0.25, 0.3) is 22.3 Å². The van der Waals surface area contributed by atoms with Crippen LogP contribution in [0.15, 0.2) is 42.7 Å². The van der Waals surface area contributed by atoms with Crippen molar-refractivity contribution in [2.75, 3.05) is 32.6 Å². The van der Waals surface area contributed by atoms with Crippen molar-refractivity contribution in [1.29, 1.82) is 5.26 Å². The fourth-order valence-electron chi connectivity index (χ4n) is 3.17. The highest BCUT2D eigenvalue weighted by Crippen LogP contribution is 2.27. The van der Waals surface area contributed by atoms with Gasteiger partial charge in [0, 0.05) is 31.0 Å². The second-order valence-corrected chi connectivity index (χ2v) is 8.83. The highest BCUT2D eigenvalue weighted by atomic mass is 32.2. The number of nitriles is 1. The summed E-state index contributed by atoms with van der Waals surface area (Å²) in [6.45, 7) is 0.982. The van der Waals surface area contributed by atoms with Gasteiger partial charge >= 0.3 is 0 Å². The van der Waals surface area contributed by atoms with Gasteiger partial charge in [0.15, 0.2) is 5.52 Å². The van der Waals surface area contributed by atoms with Gasteiger partial charge in [0.1, 0.15) is 12.7 Å². The molecular weight excluding hydrogens is 438 g/mol. The zero-order valence-electron chi connectivity index (χ0n) is 16.7. The van der Waals surface area contributed by atoms with Crippen LogP contribution in [0.4, 0.5) is 0 Å². The number of aromatic nitrogens is 3. The lowest BCUT2D eigenvalue weighted by Gasteiger charge is -2.30. The summed E-state index contributed by atoms with van der Waals surface area (Å²) in [4.78, 5) is 13.3. The van der Waals surface area contributed by atoms with Gasteiger partial charge in [0.25, 0.3) is 0 Å². The third-order valence-corrected chi connectivity index (χ3v) is 5.98. The highest BCUT2D eigenvalue weighted by molar-refractivity contribution is 7.88. The minimum Gasteiger partial charge on any atom is -0.473 e. The summed E-state index contributed by atoms with van der Waals surface area (Å²) in [5.41, 5.74) is 3.11. The summed E-state index contributed by atoms with van der Waals surface area (Å²) in [6.07, 6.45) is 3.91. The molecule has 31 heavy (non-hydrogen) atoms. The van der Waals surface area contributed by atoms with E-state index in [2.05, 4.69) is 21.0 Å². The van der Waals surface area contributed by atoms with E-state index in [1.807, 2.05) is 0 Å². The van der Waals surface area contributed by atoms with Gasteiger partial charge in [0.05, 0.1) is 35.7 Å². The number of sulfonamides is 1. The van der Waals surface area contributed by atoms with Crippen LogP contribution in [0.3, 0.4) is 0 Å². The molecule has 0 amide bonds. The Morgan fingerprint density at radius 3 is 2.71 bits per heavy atom. The van der Waals surface area contributed by atoms with Gasteiger partial charge in [0.2, 0.25) is 15.9 Å². The zero-order chi connectivity index (χ0) is 21.1. The molecule has 0 spiro atoms. The SMILES string of the molecule is CS(=O)(=O)N1CCO[C@H](COc2nc(-c3ccc(C#N)cc3)cc3nccnc23)C1.S. The van der Waals surface area contributed by atoms with Crippen LogP contribution in [0.1, 0.15) is 5.56 Å². The molecule has 1 aliphatic heterocycles. The van der Waals surface area contributed by atoms with E-state index in [4.69, 9.17) is 14.7 Å². The second kappa shape index (κ2) is 9.57. The maximum atomic E-state index is 11.8. The van der Waals surface area contributed by atoms with Crippen molar-refractivity contribution < 1.29 is 17.9 Å². The van der Waals surface area contributed by atoms with Crippen LogP contribution in [0, 0.1) is 11.3 Å². The minimum absolute atomic E-state index is 0. The third kappa shape index (κ3) is 5.29. The smallest absolute Gasteiger partial charge is 0.242 e. The third-order valence-electron chi connectivity index (χ3n) is 4.71. The van der Waals surface area contributed by atoms with Crippen LogP contribution >= 0.6 is 13.5 Å². The fourth-order valence-corrected chi connectivity index (χ4v) is 4.02. The topological polar surface area (TPSA) is 118 Å². The maximum Gasteiger partial charge on any atom is 0.242 e. The zero-order valence-corrected chi connectivity index (χ0v) is 18.5. The molecule has 3 heterocycles. The lowest BCUT2D eigenvalue weighted by Crippen LogP contribution is -2.47. The average Bonchev–Trinajstić information content (AvgIpc) is 2.77. The number of pyridine rings is 1. The Morgan fingerprint density at radius 1 is 1.26 bits per heavy atom. The molecule has 9 nitrogen and oxygen atoms in total. The van der Waals surface area contributed by atoms with E-state index >= 15 is 0 Å². The van der Waals surface area contributed by atoms with Crippen LogP contribution in [-0.2, 0) is 14.8 Å². The Balaban J connectivity index is 0.00000272. The van der Waals surface area contributed by atoms with E-state index in [1.54, 1.807) is 42.7 Å². The summed E-state index contributed by atoms with van der Waals surface area (Å²) in [5.74, 6) is 0.292. The van der Waals surface area contributed by atoms with E-state index in [-0.39, 0.29) is 26.6 Å². The Kier molecular flexibility index (Phi) is 7.07. The van der Waals surface area contributed by atoms with E-state index in [9.17, 15) is 8.42 Å². The number of morpholine rings is 1. The largest absolute Gasteiger partial charge is 0.473 e. The van der Waals surface area contributed by atoms with Gasteiger partial charge in [-0.15, -0.1) is 0 Å². The molecule has 2 aromatic heterocycles. The average molecular weight is 460 g/mol. The summed E-state index contributed by atoms with van der Waals surface area (Å²) >= 11 is 0. The first-order valence-electron chi connectivity index (χ1n) is 9.26. The van der Waals surface area contributed by atoms with Crippen molar-refractivity contribution in [2.24, 2.45) is 0 Å². The Morgan fingerprint density at radius 2 is 2.00 bits per heavy atom. The predicted octanol–water partition coefficient (Wildman–Crippen LogP) is 1.72. The maximum absolute atomic E-state index is 11.8. The van der Waals surface area contributed by atoms with E-state index in [0.29, 0.717) is 41.3 Å². The fraction of sp³-hybridized carbons (Fsp3) is 0.300. The van der Waals surface area contributed by atoms with Gasteiger partial charge in [-0.05, 0) is 18.2 Å². The van der Waals surface area contributed by atoms with Crippen molar-refractivity contribution in [3.05, 3.63) is 48.3 Å². The second-order valence-electron chi connectivity index (χ2n) is 6.85. The van der Waals surface area contributed by atoms with Gasteiger partial charge in [-0.1, -0.05) is 12.1 Å². The lowest BCUT2D eigenvalue weighted by molar-refractivity contribution is -0.0252. The summed E-state index contributed by atoms with van der Waals surface area (Å²) in [6, 6.07) is 10.9. The summed E-state index contributed by atoms with van der Waals surface area (Å²) < 4.78 is 36.6. The first-order chi connectivity index (χ1) is 14.4. The highest BCUT2D eigenvalue weighted by Gasteiger charge is 2.27. The van der Waals surface area contributed by atoms with E-state index < -0.39 is 16.1 Å². The quantitative estimate of drug-likeness (QED) is 0.566. The predicted molar refractivity (Wildman–Crippen MR) is 120 cm³/mol. The normalized spacial score (nSPS) is 17.0. The number of rotatable bonds is 5. The number of hydrogen-bond donors (Lipinski definition) is 0. The van der Waals surface area contributed by atoms with Crippen LogP contribution in [0.5, 0.6) is 5.88 Å². The van der Waals surface area contributed by atoms with Crippen molar-refractivity contribution in [2.45, 2.75) is 6.10 Å². The molecule has 0 unspecified atom stereocenters. The van der Waals surface area contributed by atoms with E-state index in [0.717, 1.165) is 5.56 Å². The molecule has 11 heteroatoms. The molecule has 3 aromatic rings. The molecule has 0 radical (unpaired) electrons. The Bertz CT molecular complexity index is 1210. The molecular formula is C20H21N5O4S2. The lowest BCUT2D eigenvalue weighted by atomic mass is 10.1. The van der Waals surface area contributed by atoms with Gasteiger partial charge in [-0.3, -0.25) is 4.98 Å². The van der Waals surface area contributed by atoms with Crippen LogP contribution < -0.4 is 4.74 Å². The number of benzene rings is 1. The molecule has 1 aliphatic rings. The van der Waals surface area contributed by atoms with Crippen molar-refractivity contribution in [3.8, 4) is 23.2 Å². The summed E-state index contributed by atoms with van der Waals surface area (Å²) in [7, 11) is -3.29. The molecule has 162 valence electrons. The van der Waals surface area contributed by atoms with Crippen molar-refractivity contribution >= 4 is 34.6 Å². The summed E-state index contributed by atoms with van der Waals surface area (Å²) in [5, 5.41) is 8.99.